The van der Waals surface area contributed by atoms with Crippen molar-refractivity contribution < 1.29 is 9.53 Å². The second-order valence-corrected chi connectivity index (χ2v) is 7.93. The summed E-state index contributed by atoms with van der Waals surface area (Å²) in [5, 5.41) is 0.632. The van der Waals surface area contributed by atoms with Crippen molar-refractivity contribution in [1.29, 1.82) is 0 Å². The third kappa shape index (κ3) is 3.76. The summed E-state index contributed by atoms with van der Waals surface area (Å²) in [5.74, 6) is 0.614. The molecule has 5 nitrogen and oxygen atoms in total. The fourth-order valence-electron chi connectivity index (χ4n) is 2.82. The third-order valence-corrected chi connectivity index (χ3v) is 5.98. The lowest BCUT2D eigenvalue weighted by molar-refractivity contribution is 0.0984. The zero-order valence-corrected chi connectivity index (χ0v) is 17.4. The number of amides is 1. The molecular formula is C21H16BrN3O2S. The van der Waals surface area contributed by atoms with Gasteiger partial charge in [-0.2, -0.15) is 0 Å². The molecule has 4 aromatic rings. The van der Waals surface area contributed by atoms with E-state index in [2.05, 4.69) is 20.9 Å². The smallest absolute Gasteiger partial charge is 0.261 e. The molecular weight excluding hydrogens is 438 g/mol. The summed E-state index contributed by atoms with van der Waals surface area (Å²) in [6, 6.07) is 16.9. The van der Waals surface area contributed by atoms with Crippen LogP contribution in [0.2, 0.25) is 0 Å². The molecule has 1 amide bonds. The van der Waals surface area contributed by atoms with Crippen molar-refractivity contribution in [3.05, 3.63) is 82.6 Å². The number of hydrogen-bond donors (Lipinski definition) is 0. The van der Waals surface area contributed by atoms with Crippen LogP contribution in [0, 0.1) is 0 Å². The number of nitrogens with zero attached hydrogens (tertiary/aromatic N) is 3. The van der Waals surface area contributed by atoms with Gasteiger partial charge in [0.1, 0.15) is 5.75 Å². The van der Waals surface area contributed by atoms with Crippen LogP contribution in [0.4, 0.5) is 5.13 Å². The van der Waals surface area contributed by atoms with Gasteiger partial charge in [-0.25, -0.2) is 4.98 Å². The van der Waals surface area contributed by atoms with Gasteiger partial charge in [-0.3, -0.25) is 14.7 Å². The van der Waals surface area contributed by atoms with E-state index < -0.39 is 0 Å². The Balaban J connectivity index is 1.78. The summed E-state index contributed by atoms with van der Waals surface area (Å²) in [6.07, 6.45) is 3.48. The molecule has 2 aromatic heterocycles. The quantitative estimate of drug-likeness (QED) is 0.410. The van der Waals surface area contributed by atoms with E-state index in [0.717, 1.165) is 26.0 Å². The van der Waals surface area contributed by atoms with Crippen molar-refractivity contribution in [1.82, 2.24) is 9.97 Å². The first-order chi connectivity index (χ1) is 13.7. The first kappa shape index (κ1) is 18.6. The molecule has 0 aliphatic rings. The SMILES string of the molecule is COc1ccc2sc(N(Cc3cccnc3)C(=O)c3ccccc3Br)nc2c1. The second-order valence-electron chi connectivity index (χ2n) is 6.06. The molecule has 0 atom stereocenters. The number of methoxy groups -OCH3 is 1. The number of halogens is 1. The molecule has 2 aromatic carbocycles. The van der Waals surface area contributed by atoms with Gasteiger partial charge in [0, 0.05) is 22.9 Å². The maximum absolute atomic E-state index is 13.4. The Labute approximate surface area is 174 Å². The largest absolute Gasteiger partial charge is 0.497 e. The monoisotopic (exact) mass is 453 g/mol. The highest BCUT2D eigenvalue weighted by molar-refractivity contribution is 9.10. The first-order valence-corrected chi connectivity index (χ1v) is 10.2. The fraction of sp³-hybridized carbons (Fsp3) is 0.0952. The zero-order chi connectivity index (χ0) is 19.5. The van der Waals surface area contributed by atoms with Crippen LogP contribution in [0.25, 0.3) is 10.2 Å². The van der Waals surface area contributed by atoms with Gasteiger partial charge in [0.2, 0.25) is 0 Å². The molecule has 0 unspecified atom stereocenters. The van der Waals surface area contributed by atoms with E-state index in [0.29, 0.717) is 17.2 Å². The number of benzene rings is 2. The highest BCUT2D eigenvalue weighted by Crippen LogP contribution is 2.33. The lowest BCUT2D eigenvalue weighted by Gasteiger charge is -2.20. The minimum atomic E-state index is -0.123. The molecule has 0 aliphatic carbocycles. The lowest BCUT2D eigenvalue weighted by atomic mass is 10.2. The highest BCUT2D eigenvalue weighted by atomic mass is 79.9. The topological polar surface area (TPSA) is 55.3 Å². The average Bonchev–Trinajstić information content (AvgIpc) is 3.15. The lowest BCUT2D eigenvalue weighted by Crippen LogP contribution is -2.30. The van der Waals surface area contributed by atoms with Crippen molar-refractivity contribution in [3.8, 4) is 5.75 Å². The third-order valence-electron chi connectivity index (χ3n) is 4.23. The number of fused-ring (bicyclic) bond motifs is 1. The molecule has 140 valence electrons. The van der Waals surface area contributed by atoms with Gasteiger partial charge in [-0.05, 0) is 51.8 Å². The van der Waals surface area contributed by atoms with Gasteiger partial charge in [0.05, 0.1) is 29.4 Å². The van der Waals surface area contributed by atoms with Gasteiger partial charge in [-0.1, -0.05) is 29.5 Å². The summed E-state index contributed by atoms with van der Waals surface area (Å²) in [7, 11) is 1.62. The number of anilines is 1. The van der Waals surface area contributed by atoms with Crippen LogP contribution in [0.3, 0.4) is 0 Å². The maximum atomic E-state index is 13.4. The Morgan fingerprint density at radius 1 is 1.18 bits per heavy atom. The molecule has 2 heterocycles. The number of rotatable bonds is 5. The minimum Gasteiger partial charge on any atom is -0.497 e. The van der Waals surface area contributed by atoms with Crippen molar-refractivity contribution in [3.63, 3.8) is 0 Å². The normalized spacial score (nSPS) is 10.8. The number of carbonyl (C=O) groups is 1. The molecule has 0 aliphatic heterocycles. The zero-order valence-electron chi connectivity index (χ0n) is 15.0. The van der Waals surface area contributed by atoms with Gasteiger partial charge in [0.15, 0.2) is 5.13 Å². The maximum Gasteiger partial charge on any atom is 0.261 e. The van der Waals surface area contributed by atoms with E-state index in [9.17, 15) is 4.79 Å². The predicted octanol–water partition coefficient (Wildman–Crippen LogP) is 5.31. The van der Waals surface area contributed by atoms with Crippen molar-refractivity contribution in [2.24, 2.45) is 0 Å². The second kappa shape index (κ2) is 8.08. The van der Waals surface area contributed by atoms with Crippen LogP contribution in [-0.4, -0.2) is 23.0 Å². The van der Waals surface area contributed by atoms with E-state index in [-0.39, 0.29) is 5.91 Å². The van der Waals surface area contributed by atoms with Gasteiger partial charge in [0.25, 0.3) is 5.91 Å². The van der Waals surface area contributed by atoms with Crippen LogP contribution >= 0.6 is 27.3 Å². The molecule has 0 fully saturated rings. The number of thiazole rings is 1. The van der Waals surface area contributed by atoms with Crippen LogP contribution in [0.1, 0.15) is 15.9 Å². The summed E-state index contributed by atoms with van der Waals surface area (Å²) in [4.78, 5) is 23.9. The Morgan fingerprint density at radius 3 is 2.79 bits per heavy atom. The first-order valence-electron chi connectivity index (χ1n) is 8.55. The Bertz CT molecular complexity index is 1130. The minimum absolute atomic E-state index is 0.123. The Morgan fingerprint density at radius 2 is 2.04 bits per heavy atom. The van der Waals surface area contributed by atoms with Crippen LogP contribution in [0.5, 0.6) is 5.75 Å². The summed E-state index contributed by atoms with van der Waals surface area (Å²) in [6.45, 7) is 0.380. The van der Waals surface area contributed by atoms with E-state index in [1.165, 1.54) is 11.3 Å². The molecule has 4 rings (SSSR count). The van der Waals surface area contributed by atoms with Gasteiger partial charge < -0.3 is 4.74 Å². The van der Waals surface area contributed by atoms with Crippen molar-refractivity contribution in [2.75, 3.05) is 12.0 Å². The van der Waals surface area contributed by atoms with Crippen LogP contribution < -0.4 is 9.64 Å². The number of pyridine rings is 1. The van der Waals surface area contributed by atoms with Crippen molar-refractivity contribution >= 4 is 48.5 Å². The van der Waals surface area contributed by atoms with Gasteiger partial charge >= 0.3 is 0 Å². The Hall–Kier alpha value is -2.77. The molecule has 0 spiro atoms. The molecule has 0 saturated carbocycles. The molecule has 28 heavy (non-hydrogen) atoms. The summed E-state index contributed by atoms with van der Waals surface area (Å²) in [5.41, 5.74) is 2.32. The molecule has 0 saturated heterocycles. The van der Waals surface area contributed by atoms with Crippen LogP contribution in [-0.2, 0) is 6.54 Å². The number of aromatic nitrogens is 2. The molecule has 7 heteroatoms. The van der Waals surface area contributed by atoms with Crippen molar-refractivity contribution in [2.45, 2.75) is 6.54 Å². The van der Waals surface area contributed by atoms with Gasteiger partial charge in [-0.15, -0.1) is 0 Å². The molecule has 0 N–H and O–H groups in total. The van der Waals surface area contributed by atoms with E-state index in [4.69, 9.17) is 9.72 Å². The summed E-state index contributed by atoms with van der Waals surface area (Å²) < 4.78 is 7.03. The fourth-order valence-corrected chi connectivity index (χ4v) is 4.22. The average molecular weight is 454 g/mol. The number of ether oxygens (including phenoxy) is 1. The van der Waals surface area contributed by atoms with Crippen LogP contribution in [0.15, 0.2) is 71.5 Å². The summed E-state index contributed by atoms with van der Waals surface area (Å²) >= 11 is 4.96. The molecule has 0 radical (unpaired) electrons. The van der Waals surface area contributed by atoms with E-state index >= 15 is 0 Å². The molecule has 0 bridgehead atoms. The number of hydrogen-bond acceptors (Lipinski definition) is 5. The number of carbonyl (C=O) groups excluding carboxylic acids is 1. The Kier molecular flexibility index (Phi) is 5.36. The predicted molar refractivity (Wildman–Crippen MR) is 115 cm³/mol. The van der Waals surface area contributed by atoms with E-state index in [1.807, 2.05) is 48.5 Å². The van der Waals surface area contributed by atoms with E-state index in [1.54, 1.807) is 30.5 Å². The standard InChI is InChI=1S/C21H16BrN3O2S/c1-27-15-8-9-19-18(11-15)24-21(28-19)25(13-14-5-4-10-23-12-14)20(26)16-6-2-3-7-17(16)22/h2-12H,13H2,1H3. The highest BCUT2D eigenvalue weighted by Gasteiger charge is 2.23.